The fourth-order valence-electron chi connectivity index (χ4n) is 2.27. The average molecular weight is 264 g/mol. The number of carbonyl (C=O) groups excluding carboxylic acids is 1. The van der Waals surface area contributed by atoms with E-state index in [0.717, 1.165) is 6.42 Å². The molecule has 1 aliphatic heterocycles. The Morgan fingerprint density at radius 2 is 2.37 bits per heavy atom. The summed E-state index contributed by atoms with van der Waals surface area (Å²) in [6.07, 6.45) is 2.89. The number of pyridine rings is 1. The number of hydrogen-bond acceptors (Lipinski definition) is 5. The van der Waals surface area contributed by atoms with Gasteiger partial charge in [0.1, 0.15) is 17.4 Å². The van der Waals surface area contributed by atoms with Gasteiger partial charge in [-0.1, -0.05) is 0 Å². The Morgan fingerprint density at radius 3 is 3.05 bits per heavy atom. The highest BCUT2D eigenvalue weighted by atomic mass is 16.5. The third kappa shape index (κ3) is 2.67. The molecular formula is C13H16N2O4. The molecule has 0 amide bonds. The highest BCUT2D eigenvalue weighted by molar-refractivity contribution is 5.95. The molecule has 6 heteroatoms. The predicted octanol–water partition coefficient (Wildman–Crippen LogP) is 1.31. The van der Waals surface area contributed by atoms with Gasteiger partial charge >= 0.3 is 11.9 Å². The Morgan fingerprint density at radius 1 is 1.58 bits per heavy atom. The Labute approximate surface area is 111 Å². The first-order valence-corrected chi connectivity index (χ1v) is 6.26. The fraction of sp³-hybridized carbons (Fsp3) is 0.462. The monoisotopic (exact) mass is 264 g/mol. The van der Waals surface area contributed by atoms with Gasteiger partial charge in [0.05, 0.1) is 6.61 Å². The standard InChI is InChI=1S/C13H16N2O4/c1-2-19-13(18)9-5-3-7-14-11(9)15-8-4-6-10(15)12(16)17/h3,5,7,10H,2,4,6,8H2,1H3,(H,16,17). The lowest BCUT2D eigenvalue weighted by Crippen LogP contribution is -2.37. The van der Waals surface area contributed by atoms with Gasteiger partial charge in [0, 0.05) is 12.7 Å². The third-order valence-corrected chi connectivity index (χ3v) is 3.09. The molecule has 0 aromatic carbocycles. The zero-order valence-corrected chi connectivity index (χ0v) is 10.7. The molecule has 1 fully saturated rings. The van der Waals surface area contributed by atoms with E-state index in [4.69, 9.17) is 4.74 Å². The molecule has 1 aliphatic rings. The molecule has 1 aromatic heterocycles. The number of rotatable bonds is 4. The molecule has 0 spiro atoms. The average Bonchev–Trinajstić information content (AvgIpc) is 2.88. The maximum atomic E-state index is 11.9. The van der Waals surface area contributed by atoms with E-state index in [0.29, 0.717) is 24.3 Å². The highest BCUT2D eigenvalue weighted by Gasteiger charge is 2.33. The van der Waals surface area contributed by atoms with E-state index in [1.54, 1.807) is 30.2 Å². The summed E-state index contributed by atoms with van der Waals surface area (Å²) in [5, 5.41) is 9.19. The summed E-state index contributed by atoms with van der Waals surface area (Å²) in [4.78, 5) is 28.9. The first kappa shape index (κ1) is 13.3. The van der Waals surface area contributed by atoms with Crippen molar-refractivity contribution < 1.29 is 19.4 Å². The van der Waals surface area contributed by atoms with Crippen molar-refractivity contribution in [2.75, 3.05) is 18.1 Å². The van der Waals surface area contributed by atoms with E-state index in [2.05, 4.69) is 4.98 Å². The number of ether oxygens (including phenoxy) is 1. The molecule has 2 heterocycles. The molecule has 102 valence electrons. The molecule has 1 unspecified atom stereocenters. The third-order valence-electron chi connectivity index (χ3n) is 3.09. The Kier molecular flexibility index (Phi) is 3.99. The quantitative estimate of drug-likeness (QED) is 0.826. The van der Waals surface area contributed by atoms with Crippen LogP contribution in [0.5, 0.6) is 0 Å². The molecule has 6 nitrogen and oxygen atoms in total. The number of nitrogens with zero attached hydrogens (tertiary/aromatic N) is 2. The van der Waals surface area contributed by atoms with Crippen LogP contribution < -0.4 is 4.90 Å². The number of anilines is 1. The van der Waals surface area contributed by atoms with E-state index >= 15 is 0 Å². The van der Waals surface area contributed by atoms with Crippen molar-refractivity contribution in [1.82, 2.24) is 4.98 Å². The van der Waals surface area contributed by atoms with Gasteiger partial charge in [0.25, 0.3) is 0 Å². The van der Waals surface area contributed by atoms with Crippen molar-refractivity contribution in [2.24, 2.45) is 0 Å². The molecule has 0 bridgehead atoms. The van der Waals surface area contributed by atoms with Crippen molar-refractivity contribution in [2.45, 2.75) is 25.8 Å². The number of carbonyl (C=O) groups is 2. The summed E-state index contributed by atoms with van der Waals surface area (Å²) in [6, 6.07) is 2.63. The summed E-state index contributed by atoms with van der Waals surface area (Å²) >= 11 is 0. The number of aromatic nitrogens is 1. The van der Waals surface area contributed by atoms with Crippen LogP contribution in [-0.2, 0) is 9.53 Å². The van der Waals surface area contributed by atoms with E-state index in [-0.39, 0.29) is 6.61 Å². The minimum Gasteiger partial charge on any atom is -0.480 e. The van der Waals surface area contributed by atoms with Crippen molar-refractivity contribution in [3.8, 4) is 0 Å². The Bertz CT molecular complexity index is 489. The summed E-state index contributed by atoms with van der Waals surface area (Å²) in [5.74, 6) is -0.967. The van der Waals surface area contributed by atoms with Crippen LogP contribution in [0.3, 0.4) is 0 Å². The predicted molar refractivity (Wildman–Crippen MR) is 68.2 cm³/mol. The van der Waals surface area contributed by atoms with Crippen molar-refractivity contribution in [3.63, 3.8) is 0 Å². The second-order valence-electron chi connectivity index (χ2n) is 4.28. The van der Waals surface area contributed by atoms with Crippen LogP contribution in [0.2, 0.25) is 0 Å². The van der Waals surface area contributed by atoms with Crippen LogP contribution in [0.25, 0.3) is 0 Å². The molecule has 19 heavy (non-hydrogen) atoms. The lowest BCUT2D eigenvalue weighted by molar-refractivity contribution is -0.138. The van der Waals surface area contributed by atoms with E-state index in [9.17, 15) is 14.7 Å². The van der Waals surface area contributed by atoms with Crippen molar-refractivity contribution >= 4 is 17.8 Å². The first-order chi connectivity index (χ1) is 9.15. The zero-order valence-electron chi connectivity index (χ0n) is 10.7. The topological polar surface area (TPSA) is 79.7 Å². The normalized spacial score (nSPS) is 18.4. The minimum atomic E-state index is -0.891. The lowest BCUT2D eigenvalue weighted by atomic mass is 10.2. The summed E-state index contributed by atoms with van der Waals surface area (Å²) < 4.78 is 4.97. The molecule has 1 N–H and O–H groups in total. The first-order valence-electron chi connectivity index (χ1n) is 6.26. The summed E-state index contributed by atoms with van der Waals surface area (Å²) in [7, 11) is 0. The Hall–Kier alpha value is -2.11. The molecule has 2 rings (SSSR count). The molecule has 0 aliphatic carbocycles. The second-order valence-corrected chi connectivity index (χ2v) is 4.28. The number of carboxylic acids is 1. The maximum Gasteiger partial charge on any atom is 0.341 e. The number of carboxylic acid groups (broad SMARTS) is 1. The van der Waals surface area contributed by atoms with Gasteiger partial charge in [-0.2, -0.15) is 0 Å². The van der Waals surface area contributed by atoms with Gasteiger partial charge in [-0.25, -0.2) is 14.6 Å². The van der Waals surface area contributed by atoms with Gasteiger partial charge in [0.15, 0.2) is 0 Å². The van der Waals surface area contributed by atoms with E-state index in [1.807, 2.05) is 0 Å². The Balaban J connectivity index is 2.34. The molecule has 1 atom stereocenters. The SMILES string of the molecule is CCOC(=O)c1cccnc1N1CCCC1C(=O)O. The molecule has 1 saturated heterocycles. The smallest absolute Gasteiger partial charge is 0.341 e. The molecular weight excluding hydrogens is 248 g/mol. The molecule has 0 radical (unpaired) electrons. The number of esters is 1. The van der Waals surface area contributed by atoms with Crippen molar-refractivity contribution in [3.05, 3.63) is 23.9 Å². The van der Waals surface area contributed by atoms with Gasteiger partial charge < -0.3 is 14.7 Å². The largest absolute Gasteiger partial charge is 0.480 e. The maximum absolute atomic E-state index is 11.9. The highest BCUT2D eigenvalue weighted by Crippen LogP contribution is 2.27. The van der Waals surface area contributed by atoms with Gasteiger partial charge in [0.2, 0.25) is 0 Å². The van der Waals surface area contributed by atoms with E-state index in [1.165, 1.54) is 0 Å². The van der Waals surface area contributed by atoms with Crippen LogP contribution >= 0.6 is 0 Å². The number of aliphatic carboxylic acids is 1. The van der Waals surface area contributed by atoms with Crippen molar-refractivity contribution in [1.29, 1.82) is 0 Å². The van der Waals surface area contributed by atoms with Crippen LogP contribution in [0.1, 0.15) is 30.1 Å². The molecule has 1 aromatic rings. The van der Waals surface area contributed by atoms with Crippen LogP contribution in [0.15, 0.2) is 18.3 Å². The van der Waals surface area contributed by atoms with Gasteiger partial charge in [-0.15, -0.1) is 0 Å². The van der Waals surface area contributed by atoms with E-state index < -0.39 is 18.0 Å². The fourth-order valence-corrected chi connectivity index (χ4v) is 2.27. The number of hydrogen-bond donors (Lipinski definition) is 1. The zero-order chi connectivity index (χ0) is 13.8. The second kappa shape index (κ2) is 5.69. The van der Waals surface area contributed by atoms with Crippen LogP contribution in [-0.4, -0.2) is 41.2 Å². The molecule has 0 saturated carbocycles. The van der Waals surface area contributed by atoms with Crippen LogP contribution in [0.4, 0.5) is 5.82 Å². The minimum absolute atomic E-state index is 0.273. The van der Waals surface area contributed by atoms with Gasteiger partial charge in [-0.3, -0.25) is 0 Å². The lowest BCUT2D eigenvalue weighted by Gasteiger charge is -2.24. The summed E-state index contributed by atoms with van der Waals surface area (Å²) in [5.41, 5.74) is 0.317. The summed E-state index contributed by atoms with van der Waals surface area (Å²) in [6.45, 7) is 2.58. The van der Waals surface area contributed by atoms with Gasteiger partial charge in [-0.05, 0) is 31.9 Å². The van der Waals surface area contributed by atoms with Crippen LogP contribution in [0, 0.1) is 0 Å².